The molecule has 0 spiro atoms. The number of carboxylic acid groups (broad SMARTS) is 1. The Balaban J connectivity index is 2.04. The predicted octanol–water partition coefficient (Wildman–Crippen LogP) is 2.31. The summed E-state index contributed by atoms with van der Waals surface area (Å²) in [7, 11) is 0. The minimum Gasteiger partial charge on any atom is -0.480 e. The number of likely N-dealkylation sites (tertiary alicyclic amines) is 1. The third kappa shape index (κ3) is 2.92. The van der Waals surface area contributed by atoms with E-state index < -0.39 is 12.0 Å². The fourth-order valence-electron chi connectivity index (χ4n) is 2.69. The van der Waals surface area contributed by atoms with Crippen molar-refractivity contribution in [3.8, 4) is 0 Å². The molecule has 1 aliphatic heterocycles. The second kappa shape index (κ2) is 5.94. The fraction of sp³-hybridized carbons (Fsp3) is 0.467. The maximum atomic E-state index is 12.2. The van der Waals surface area contributed by atoms with Gasteiger partial charge in [-0.2, -0.15) is 0 Å². The number of hydrogen-bond donors (Lipinski definition) is 2. The number of benzene rings is 1. The summed E-state index contributed by atoms with van der Waals surface area (Å²) in [6, 6.07) is 6.71. The summed E-state index contributed by atoms with van der Waals surface area (Å²) >= 11 is 0. The molecule has 5 heteroatoms. The maximum absolute atomic E-state index is 12.2. The van der Waals surface area contributed by atoms with Crippen LogP contribution in [0, 0.1) is 6.92 Å². The van der Waals surface area contributed by atoms with Crippen molar-refractivity contribution in [2.75, 3.05) is 6.54 Å². The van der Waals surface area contributed by atoms with E-state index in [4.69, 9.17) is 5.11 Å². The molecule has 1 aromatic carbocycles. The minimum absolute atomic E-state index is 0.140. The summed E-state index contributed by atoms with van der Waals surface area (Å²) in [5.74, 6) is -0.929. The first kappa shape index (κ1) is 14.4. The SMILES string of the molecule is Cc1ccccc1C(C)NC(=O)N1CCC[C@H]1C(=O)O. The van der Waals surface area contributed by atoms with E-state index in [0.717, 1.165) is 17.5 Å². The molecule has 1 fully saturated rings. The van der Waals surface area contributed by atoms with Crippen molar-refractivity contribution in [2.45, 2.75) is 38.8 Å². The molecule has 2 N–H and O–H groups in total. The Morgan fingerprint density at radius 2 is 2.10 bits per heavy atom. The number of rotatable bonds is 3. The van der Waals surface area contributed by atoms with Crippen molar-refractivity contribution >= 4 is 12.0 Å². The number of urea groups is 1. The molecule has 2 amide bonds. The Morgan fingerprint density at radius 1 is 1.40 bits per heavy atom. The van der Waals surface area contributed by atoms with E-state index in [1.54, 1.807) is 0 Å². The van der Waals surface area contributed by atoms with Gasteiger partial charge in [0.25, 0.3) is 0 Å². The maximum Gasteiger partial charge on any atom is 0.326 e. The summed E-state index contributed by atoms with van der Waals surface area (Å²) in [4.78, 5) is 24.7. The number of aryl methyl sites for hydroxylation is 1. The van der Waals surface area contributed by atoms with Crippen LogP contribution < -0.4 is 5.32 Å². The average Bonchev–Trinajstić information content (AvgIpc) is 2.88. The van der Waals surface area contributed by atoms with Crippen LogP contribution in [-0.4, -0.2) is 34.6 Å². The molecule has 2 atom stereocenters. The molecule has 0 radical (unpaired) electrons. The summed E-state index contributed by atoms with van der Waals surface area (Å²) in [6.45, 7) is 4.41. The number of nitrogens with one attached hydrogen (secondary N) is 1. The highest BCUT2D eigenvalue weighted by Gasteiger charge is 2.34. The van der Waals surface area contributed by atoms with E-state index in [1.165, 1.54) is 4.90 Å². The number of aliphatic carboxylic acids is 1. The third-order valence-electron chi connectivity index (χ3n) is 3.79. The monoisotopic (exact) mass is 276 g/mol. The lowest BCUT2D eigenvalue weighted by atomic mass is 10.0. The molecule has 0 aromatic heterocycles. The van der Waals surface area contributed by atoms with Crippen LogP contribution >= 0.6 is 0 Å². The normalized spacial score (nSPS) is 19.7. The van der Waals surface area contributed by atoms with E-state index in [-0.39, 0.29) is 12.1 Å². The van der Waals surface area contributed by atoms with Crippen molar-refractivity contribution in [2.24, 2.45) is 0 Å². The van der Waals surface area contributed by atoms with Crippen LogP contribution in [0.1, 0.15) is 36.9 Å². The molecule has 108 valence electrons. The zero-order chi connectivity index (χ0) is 14.7. The molecular formula is C15H20N2O3. The van der Waals surface area contributed by atoms with Crippen molar-refractivity contribution in [3.05, 3.63) is 35.4 Å². The number of carbonyl (C=O) groups is 2. The van der Waals surface area contributed by atoms with Crippen LogP contribution in [0.4, 0.5) is 4.79 Å². The van der Waals surface area contributed by atoms with Gasteiger partial charge in [-0.15, -0.1) is 0 Å². The van der Waals surface area contributed by atoms with Gasteiger partial charge in [-0.25, -0.2) is 9.59 Å². The van der Waals surface area contributed by atoms with Gasteiger partial charge in [0.1, 0.15) is 6.04 Å². The van der Waals surface area contributed by atoms with E-state index >= 15 is 0 Å². The highest BCUT2D eigenvalue weighted by Crippen LogP contribution is 2.20. The Morgan fingerprint density at radius 3 is 2.75 bits per heavy atom. The number of hydrogen-bond acceptors (Lipinski definition) is 2. The summed E-state index contributed by atoms with van der Waals surface area (Å²) in [6.07, 6.45) is 1.27. The first-order chi connectivity index (χ1) is 9.50. The molecule has 0 bridgehead atoms. The first-order valence-corrected chi connectivity index (χ1v) is 6.86. The average molecular weight is 276 g/mol. The van der Waals surface area contributed by atoms with Crippen molar-refractivity contribution in [1.29, 1.82) is 0 Å². The highest BCUT2D eigenvalue weighted by atomic mass is 16.4. The molecular weight excluding hydrogens is 256 g/mol. The standard InChI is InChI=1S/C15H20N2O3/c1-10-6-3-4-7-12(10)11(2)16-15(20)17-9-5-8-13(17)14(18)19/h3-4,6-7,11,13H,5,8-9H2,1-2H3,(H,16,20)(H,18,19)/t11?,13-/m0/s1. The molecule has 1 heterocycles. The predicted molar refractivity (Wildman–Crippen MR) is 75.5 cm³/mol. The number of amides is 2. The van der Waals surface area contributed by atoms with Gasteiger partial charge in [-0.05, 0) is 37.8 Å². The van der Waals surface area contributed by atoms with Gasteiger partial charge in [-0.1, -0.05) is 24.3 Å². The molecule has 1 saturated heterocycles. The van der Waals surface area contributed by atoms with Crippen LogP contribution in [0.3, 0.4) is 0 Å². The van der Waals surface area contributed by atoms with Crippen LogP contribution in [0.5, 0.6) is 0 Å². The molecule has 0 aliphatic carbocycles. The second-order valence-electron chi connectivity index (χ2n) is 5.22. The van der Waals surface area contributed by atoms with Gasteiger partial charge < -0.3 is 15.3 Å². The van der Waals surface area contributed by atoms with E-state index in [1.807, 2.05) is 38.1 Å². The van der Waals surface area contributed by atoms with E-state index in [2.05, 4.69) is 5.32 Å². The van der Waals surface area contributed by atoms with E-state index in [0.29, 0.717) is 13.0 Å². The molecule has 0 saturated carbocycles. The van der Waals surface area contributed by atoms with Gasteiger partial charge in [-0.3, -0.25) is 0 Å². The number of nitrogens with zero attached hydrogens (tertiary/aromatic N) is 1. The van der Waals surface area contributed by atoms with Crippen LogP contribution in [0.2, 0.25) is 0 Å². The fourth-order valence-corrected chi connectivity index (χ4v) is 2.69. The molecule has 5 nitrogen and oxygen atoms in total. The van der Waals surface area contributed by atoms with Gasteiger partial charge in [0.2, 0.25) is 0 Å². The third-order valence-corrected chi connectivity index (χ3v) is 3.79. The topological polar surface area (TPSA) is 69.6 Å². The summed E-state index contributed by atoms with van der Waals surface area (Å²) in [5, 5.41) is 12.0. The first-order valence-electron chi connectivity index (χ1n) is 6.86. The largest absolute Gasteiger partial charge is 0.480 e. The van der Waals surface area contributed by atoms with Gasteiger partial charge >= 0.3 is 12.0 Å². The Labute approximate surface area is 118 Å². The van der Waals surface area contributed by atoms with Crippen LogP contribution in [-0.2, 0) is 4.79 Å². The van der Waals surface area contributed by atoms with Gasteiger partial charge in [0.05, 0.1) is 6.04 Å². The molecule has 1 unspecified atom stereocenters. The Hall–Kier alpha value is -2.04. The molecule has 20 heavy (non-hydrogen) atoms. The van der Waals surface area contributed by atoms with Gasteiger partial charge in [0, 0.05) is 6.54 Å². The lowest BCUT2D eigenvalue weighted by molar-refractivity contribution is -0.141. The lowest BCUT2D eigenvalue weighted by Gasteiger charge is -2.25. The van der Waals surface area contributed by atoms with Crippen molar-refractivity contribution < 1.29 is 14.7 Å². The van der Waals surface area contributed by atoms with E-state index in [9.17, 15) is 9.59 Å². The minimum atomic E-state index is -0.929. The van der Waals surface area contributed by atoms with Crippen LogP contribution in [0.15, 0.2) is 24.3 Å². The van der Waals surface area contributed by atoms with Crippen molar-refractivity contribution in [3.63, 3.8) is 0 Å². The van der Waals surface area contributed by atoms with Gasteiger partial charge in [0.15, 0.2) is 0 Å². The number of carboxylic acids is 1. The summed E-state index contributed by atoms with van der Waals surface area (Å²) < 4.78 is 0. The smallest absolute Gasteiger partial charge is 0.326 e. The van der Waals surface area contributed by atoms with Crippen LogP contribution in [0.25, 0.3) is 0 Å². The second-order valence-corrected chi connectivity index (χ2v) is 5.22. The highest BCUT2D eigenvalue weighted by molar-refractivity contribution is 5.83. The number of carbonyl (C=O) groups excluding carboxylic acids is 1. The lowest BCUT2D eigenvalue weighted by Crippen LogP contribution is -2.46. The molecule has 2 rings (SSSR count). The summed E-state index contributed by atoms with van der Waals surface area (Å²) in [5.41, 5.74) is 2.16. The Kier molecular flexibility index (Phi) is 4.27. The Bertz CT molecular complexity index is 516. The quantitative estimate of drug-likeness (QED) is 0.890. The van der Waals surface area contributed by atoms with Crippen molar-refractivity contribution in [1.82, 2.24) is 10.2 Å². The zero-order valence-electron chi connectivity index (χ0n) is 11.8. The molecule has 1 aliphatic rings. The zero-order valence-corrected chi connectivity index (χ0v) is 11.8. The molecule has 1 aromatic rings.